The van der Waals surface area contributed by atoms with Crippen LogP contribution in [0.3, 0.4) is 0 Å². The van der Waals surface area contributed by atoms with Crippen LogP contribution < -0.4 is 5.32 Å². The fraction of sp³-hybridized carbons (Fsp3) is 0.714. The van der Waals surface area contributed by atoms with E-state index in [-0.39, 0.29) is 11.9 Å². The normalized spacial score (nSPS) is 16.2. The minimum Gasteiger partial charge on any atom is -0.359 e. The van der Waals surface area contributed by atoms with E-state index in [2.05, 4.69) is 24.2 Å². The Labute approximate surface area is 119 Å². The molecule has 1 atom stereocenters. The summed E-state index contributed by atoms with van der Waals surface area (Å²) >= 11 is 1.85. The molecule has 1 heterocycles. The number of nitrogens with zero attached hydrogens (tertiary/aromatic N) is 2. The van der Waals surface area contributed by atoms with Gasteiger partial charge in [0, 0.05) is 24.4 Å². The van der Waals surface area contributed by atoms with Gasteiger partial charge in [0.05, 0.1) is 12.2 Å². The maximum atomic E-state index is 11.4. The van der Waals surface area contributed by atoms with Gasteiger partial charge in [-0.3, -0.25) is 9.69 Å². The van der Waals surface area contributed by atoms with Crippen LogP contribution in [0.5, 0.6) is 0 Å². The summed E-state index contributed by atoms with van der Waals surface area (Å²) in [5, 5.41) is 3.87. The van der Waals surface area contributed by atoms with Crippen LogP contribution in [0.2, 0.25) is 0 Å². The first-order chi connectivity index (χ1) is 9.10. The molecule has 5 heteroatoms. The molecule has 106 valence electrons. The zero-order chi connectivity index (χ0) is 13.8. The van der Waals surface area contributed by atoms with Crippen LogP contribution in [0.1, 0.15) is 41.8 Å². The quantitative estimate of drug-likeness (QED) is 0.897. The first-order valence-electron chi connectivity index (χ1n) is 6.98. The van der Waals surface area contributed by atoms with Crippen molar-refractivity contribution in [2.24, 2.45) is 0 Å². The number of thiazole rings is 1. The van der Waals surface area contributed by atoms with E-state index >= 15 is 0 Å². The van der Waals surface area contributed by atoms with Gasteiger partial charge < -0.3 is 5.32 Å². The summed E-state index contributed by atoms with van der Waals surface area (Å²) in [6.45, 7) is 2.93. The monoisotopic (exact) mass is 281 g/mol. The molecule has 0 fully saturated rings. The van der Waals surface area contributed by atoms with Crippen LogP contribution >= 0.6 is 11.3 Å². The first kappa shape index (κ1) is 14.5. The molecular weight excluding hydrogens is 258 g/mol. The van der Waals surface area contributed by atoms with E-state index in [0.29, 0.717) is 6.42 Å². The van der Waals surface area contributed by atoms with Crippen LogP contribution in [-0.4, -0.2) is 35.9 Å². The summed E-state index contributed by atoms with van der Waals surface area (Å²) in [5.74, 6) is 0.0952. The molecule has 0 aromatic carbocycles. The van der Waals surface area contributed by atoms with Gasteiger partial charge in [-0.1, -0.05) is 0 Å². The van der Waals surface area contributed by atoms with Crippen molar-refractivity contribution in [3.8, 4) is 0 Å². The van der Waals surface area contributed by atoms with Crippen LogP contribution in [-0.2, 0) is 24.2 Å². The highest BCUT2D eigenvalue weighted by molar-refractivity contribution is 7.11. The Morgan fingerprint density at radius 1 is 1.47 bits per heavy atom. The lowest BCUT2D eigenvalue weighted by Crippen LogP contribution is -2.33. The summed E-state index contributed by atoms with van der Waals surface area (Å²) in [6, 6.07) is 0.237. The van der Waals surface area contributed by atoms with Crippen molar-refractivity contribution in [1.29, 1.82) is 0 Å². The summed E-state index contributed by atoms with van der Waals surface area (Å²) in [7, 11) is 3.75. The van der Waals surface area contributed by atoms with Crippen molar-refractivity contribution in [2.75, 3.05) is 14.1 Å². The Bertz CT molecular complexity index is 420. The molecule has 0 unspecified atom stereocenters. The summed E-state index contributed by atoms with van der Waals surface area (Å²) < 4.78 is 0. The highest BCUT2D eigenvalue weighted by Crippen LogP contribution is 2.27. The third kappa shape index (κ3) is 3.76. The number of aryl methyl sites for hydroxylation is 2. The highest BCUT2D eigenvalue weighted by atomic mass is 32.1. The smallest absolute Gasteiger partial charge is 0.221 e. The zero-order valence-corrected chi connectivity index (χ0v) is 12.8. The molecule has 0 saturated heterocycles. The van der Waals surface area contributed by atoms with E-state index in [4.69, 9.17) is 4.98 Å². The number of rotatable bonds is 5. The van der Waals surface area contributed by atoms with Gasteiger partial charge in [0.25, 0.3) is 0 Å². The fourth-order valence-electron chi connectivity index (χ4n) is 2.37. The van der Waals surface area contributed by atoms with Gasteiger partial charge in [0.15, 0.2) is 0 Å². The molecular formula is C14H23N3OS. The van der Waals surface area contributed by atoms with Gasteiger partial charge in [0.1, 0.15) is 5.01 Å². The molecule has 1 aliphatic rings. The van der Waals surface area contributed by atoms with Crippen molar-refractivity contribution in [1.82, 2.24) is 15.2 Å². The van der Waals surface area contributed by atoms with Crippen LogP contribution in [0, 0.1) is 0 Å². The van der Waals surface area contributed by atoms with Crippen molar-refractivity contribution >= 4 is 17.2 Å². The molecule has 1 amide bonds. The predicted molar refractivity (Wildman–Crippen MR) is 78.4 cm³/mol. The Kier molecular flexibility index (Phi) is 4.93. The van der Waals surface area contributed by atoms with E-state index in [0.717, 1.165) is 13.0 Å². The molecule has 1 aromatic heterocycles. The maximum absolute atomic E-state index is 11.4. The average molecular weight is 281 g/mol. The molecule has 1 aliphatic carbocycles. The summed E-state index contributed by atoms with van der Waals surface area (Å²) in [4.78, 5) is 19.8. The third-order valence-corrected chi connectivity index (χ3v) is 4.93. The minimum atomic E-state index is 0.0952. The molecule has 2 rings (SSSR count). The van der Waals surface area contributed by atoms with E-state index in [9.17, 15) is 4.79 Å². The molecule has 0 bridgehead atoms. The molecule has 0 saturated carbocycles. The number of hydrogen-bond acceptors (Lipinski definition) is 4. The Hall–Kier alpha value is -0.940. The van der Waals surface area contributed by atoms with Gasteiger partial charge in [0.2, 0.25) is 5.91 Å². The molecule has 0 spiro atoms. The number of carbonyl (C=O) groups is 1. The van der Waals surface area contributed by atoms with Crippen LogP contribution in [0.15, 0.2) is 0 Å². The number of carbonyl (C=O) groups excluding carboxylic acids is 1. The van der Waals surface area contributed by atoms with Gasteiger partial charge >= 0.3 is 0 Å². The zero-order valence-electron chi connectivity index (χ0n) is 12.0. The fourth-order valence-corrected chi connectivity index (χ4v) is 3.59. The second kappa shape index (κ2) is 6.48. The summed E-state index contributed by atoms with van der Waals surface area (Å²) in [5.41, 5.74) is 1.32. The number of nitrogens with one attached hydrogen (secondary N) is 1. The second-order valence-electron chi connectivity index (χ2n) is 5.33. The lowest BCUT2D eigenvalue weighted by molar-refractivity contribution is -0.121. The average Bonchev–Trinajstić information content (AvgIpc) is 2.80. The van der Waals surface area contributed by atoms with E-state index in [1.807, 2.05) is 11.3 Å². The number of hydrogen-bond donors (Lipinski definition) is 1. The highest BCUT2D eigenvalue weighted by Gasteiger charge is 2.18. The van der Waals surface area contributed by atoms with Gasteiger partial charge in [-0.25, -0.2) is 4.98 Å². The van der Waals surface area contributed by atoms with Gasteiger partial charge in [-0.05, 0) is 39.7 Å². The van der Waals surface area contributed by atoms with Crippen molar-refractivity contribution < 1.29 is 4.79 Å². The number of fused-ring (bicyclic) bond motifs is 1. The Morgan fingerprint density at radius 2 is 2.21 bits per heavy atom. The molecule has 1 aromatic rings. The molecule has 1 N–H and O–H groups in total. The number of amides is 1. The lowest BCUT2D eigenvalue weighted by atomic mass is 10.0. The minimum absolute atomic E-state index is 0.0952. The lowest BCUT2D eigenvalue weighted by Gasteiger charge is -2.22. The SMILES string of the molecule is CNC(=O)C[C@H](C)N(C)Cc1nc2c(s1)CCCC2. The van der Waals surface area contributed by atoms with Crippen molar-refractivity contribution in [3.05, 3.63) is 15.6 Å². The van der Waals surface area contributed by atoms with E-state index in [1.165, 1.54) is 34.8 Å². The topological polar surface area (TPSA) is 45.2 Å². The van der Waals surface area contributed by atoms with Gasteiger partial charge in [-0.2, -0.15) is 0 Å². The third-order valence-electron chi connectivity index (χ3n) is 3.79. The standard InChI is InChI=1S/C14H23N3OS/c1-10(8-13(18)15-2)17(3)9-14-16-11-6-4-5-7-12(11)19-14/h10H,4-9H2,1-3H3,(H,15,18)/t10-/m0/s1. The van der Waals surface area contributed by atoms with Crippen LogP contribution in [0.25, 0.3) is 0 Å². The van der Waals surface area contributed by atoms with Crippen LogP contribution in [0.4, 0.5) is 0 Å². The van der Waals surface area contributed by atoms with E-state index < -0.39 is 0 Å². The predicted octanol–water partition coefficient (Wildman–Crippen LogP) is 1.98. The Morgan fingerprint density at radius 3 is 2.89 bits per heavy atom. The molecule has 0 aliphatic heterocycles. The van der Waals surface area contributed by atoms with Crippen molar-refractivity contribution in [2.45, 2.75) is 51.6 Å². The second-order valence-corrected chi connectivity index (χ2v) is 6.49. The van der Waals surface area contributed by atoms with Gasteiger partial charge in [-0.15, -0.1) is 11.3 Å². The largest absolute Gasteiger partial charge is 0.359 e. The maximum Gasteiger partial charge on any atom is 0.221 e. The van der Waals surface area contributed by atoms with Crippen molar-refractivity contribution in [3.63, 3.8) is 0 Å². The Balaban J connectivity index is 1.92. The summed E-state index contributed by atoms with van der Waals surface area (Å²) in [6.07, 6.45) is 5.46. The molecule has 4 nitrogen and oxygen atoms in total. The number of aromatic nitrogens is 1. The molecule has 19 heavy (non-hydrogen) atoms. The molecule has 0 radical (unpaired) electrons. The first-order valence-corrected chi connectivity index (χ1v) is 7.80. The van der Waals surface area contributed by atoms with E-state index in [1.54, 1.807) is 7.05 Å².